The smallest absolute Gasteiger partial charge is 0.347 e. The van der Waals surface area contributed by atoms with Crippen LogP contribution in [0.4, 0.5) is 0 Å². The van der Waals surface area contributed by atoms with Gasteiger partial charge in [-0.15, -0.1) is 11.3 Å². The standard InChI is InChI=1S/C18H17N3O2S/c1-8(2)14-13(7-19)12-6-11(5-9(3)15(12)21-14)17-20-10(4)16(24-17)18(22)23/h5-6,8,21H,1-4H3,(H,22,23). The number of aromatic carboxylic acids is 1. The van der Waals surface area contributed by atoms with Crippen LogP contribution in [0.2, 0.25) is 0 Å². The molecule has 5 nitrogen and oxygen atoms in total. The van der Waals surface area contributed by atoms with E-state index in [2.05, 4.69) is 16.0 Å². The SMILES string of the molecule is Cc1nc(-c2cc(C)c3[nH]c(C(C)C)c(C#N)c3c2)sc1C(=O)O. The zero-order valence-electron chi connectivity index (χ0n) is 13.9. The number of carboxylic acids is 1. The summed E-state index contributed by atoms with van der Waals surface area (Å²) in [7, 11) is 0. The van der Waals surface area contributed by atoms with Crippen LogP contribution in [0.5, 0.6) is 0 Å². The number of nitrogens with zero attached hydrogens (tertiary/aromatic N) is 2. The highest BCUT2D eigenvalue weighted by Crippen LogP contribution is 2.35. The first-order valence-electron chi connectivity index (χ1n) is 7.60. The predicted molar refractivity (Wildman–Crippen MR) is 94.6 cm³/mol. The van der Waals surface area contributed by atoms with Crippen molar-refractivity contribution in [3.8, 4) is 16.6 Å². The van der Waals surface area contributed by atoms with Crippen molar-refractivity contribution in [2.75, 3.05) is 0 Å². The van der Waals surface area contributed by atoms with Gasteiger partial charge in [0, 0.05) is 22.2 Å². The van der Waals surface area contributed by atoms with Gasteiger partial charge < -0.3 is 10.1 Å². The van der Waals surface area contributed by atoms with Gasteiger partial charge >= 0.3 is 5.97 Å². The molecule has 3 rings (SSSR count). The third kappa shape index (κ3) is 2.47. The van der Waals surface area contributed by atoms with Crippen molar-refractivity contribution in [1.29, 1.82) is 5.26 Å². The topological polar surface area (TPSA) is 89.8 Å². The van der Waals surface area contributed by atoms with Gasteiger partial charge in [0.15, 0.2) is 0 Å². The lowest BCUT2D eigenvalue weighted by atomic mass is 10.0. The number of fused-ring (bicyclic) bond motifs is 1. The summed E-state index contributed by atoms with van der Waals surface area (Å²) in [5.41, 5.74) is 4.89. The predicted octanol–water partition coefficient (Wildman–Crippen LogP) is 4.60. The maximum absolute atomic E-state index is 11.2. The minimum atomic E-state index is -0.962. The van der Waals surface area contributed by atoms with Crippen molar-refractivity contribution in [3.63, 3.8) is 0 Å². The number of carboxylic acid groups (broad SMARTS) is 1. The summed E-state index contributed by atoms with van der Waals surface area (Å²) in [5.74, 6) is -0.744. The van der Waals surface area contributed by atoms with Crippen molar-refractivity contribution in [2.45, 2.75) is 33.6 Å². The second-order valence-electron chi connectivity index (χ2n) is 6.13. The zero-order valence-corrected chi connectivity index (χ0v) is 14.7. The summed E-state index contributed by atoms with van der Waals surface area (Å²) in [6.07, 6.45) is 0. The second-order valence-corrected chi connectivity index (χ2v) is 7.13. The molecule has 122 valence electrons. The molecule has 0 radical (unpaired) electrons. The monoisotopic (exact) mass is 339 g/mol. The fraction of sp³-hybridized carbons (Fsp3) is 0.278. The Hall–Kier alpha value is -2.65. The lowest BCUT2D eigenvalue weighted by molar-refractivity contribution is 0.0701. The average Bonchev–Trinajstić information content (AvgIpc) is 3.07. The van der Waals surface area contributed by atoms with E-state index in [4.69, 9.17) is 0 Å². The molecule has 24 heavy (non-hydrogen) atoms. The van der Waals surface area contributed by atoms with Gasteiger partial charge in [-0.1, -0.05) is 13.8 Å². The quantitative estimate of drug-likeness (QED) is 0.729. The maximum atomic E-state index is 11.2. The van der Waals surface area contributed by atoms with Crippen molar-refractivity contribution in [1.82, 2.24) is 9.97 Å². The number of hydrogen-bond donors (Lipinski definition) is 2. The van der Waals surface area contributed by atoms with Crippen LogP contribution in [0.25, 0.3) is 21.5 Å². The van der Waals surface area contributed by atoms with Crippen LogP contribution in [-0.4, -0.2) is 21.0 Å². The van der Waals surface area contributed by atoms with E-state index >= 15 is 0 Å². The molecule has 6 heteroatoms. The van der Waals surface area contributed by atoms with E-state index < -0.39 is 5.97 Å². The largest absolute Gasteiger partial charge is 0.477 e. The number of rotatable bonds is 3. The molecular weight excluding hydrogens is 322 g/mol. The number of nitrogens with one attached hydrogen (secondary N) is 1. The number of aromatic amines is 1. The molecule has 2 aromatic heterocycles. The van der Waals surface area contributed by atoms with Crippen molar-refractivity contribution in [3.05, 3.63) is 39.5 Å². The molecule has 0 saturated carbocycles. The molecule has 0 fully saturated rings. The van der Waals surface area contributed by atoms with Gasteiger partial charge in [-0.3, -0.25) is 0 Å². The van der Waals surface area contributed by atoms with Gasteiger partial charge in [-0.2, -0.15) is 5.26 Å². The number of aromatic nitrogens is 2. The highest BCUT2D eigenvalue weighted by Gasteiger charge is 2.19. The molecule has 0 atom stereocenters. The normalized spacial score (nSPS) is 11.2. The fourth-order valence-electron chi connectivity index (χ4n) is 2.89. The van der Waals surface area contributed by atoms with Crippen LogP contribution < -0.4 is 0 Å². The number of thiazole rings is 1. The average molecular weight is 339 g/mol. The van der Waals surface area contributed by atoms with Crippen LogP contribution in [-0.2, 0) is 0 Å². The molecule has 0 bridgehead atoms. The number of carbonyl (C=O) groups is 1. The van der Waals surface area contributed by atoms with Crippen LogP contribution in [0, 0.1) is 25.2 Å². The van der Waals surface area contributed by atoms with Crippen molar-refractivity contribution in [2.24, 2.45) is 0 Å². The van der Waals surface area contributed by atoms with Crippen molar-refractivity contribution < 1.29 is 9.90 Å². The first-order chi connectivity index (χ1) is 11.3. The molecule has 0 aliphatic carbocycles. The fourth-order valence-corrected chi connectivity index (χ4v) is 3.78. The van der Waals surface area contributed by atoms with Gasteiger partial charge in [-0.25, -0.2) is 9.78 Å². The minimum Gasteiger partial charge on any atom is -0.477 e. The van der Waals surface area contributed by atoms with Crippen molar-refractivity contribution >= 4 is 28.2 Å². The van der Waals surface area contributed by atoms with Crippen LogP contribution in [0.1, 0.15) is 52.0 Å². The number of benzene rings is 1. The third-order valence-electron chi connectivity index (χ3n) is 4.06. The summed E-state index contributed by atoms with van der Waals surface area (Å²) < 4.78 is 0. The van der Waals surface area contributed by atoms with E-state index in [0.717, 1.165) is 39.1 Å². The number of nitriles is 1. The number of hydrogen-bond acceptors (Lipinski definition) is 4. The Kier molecular flexibility index (Phi) is 3.90. The van der Waals surface area contributed by atoms with E-state index in [1.807, 2.05) is 32.9 Å². The van der Waals surface area contributed by atoms with Crippen LogP contribution >= 0.6 is 11.3 Å². The molecule has 2 N–H and O–H groups in total. The molecule has 0 saturated heterocycles. The van der Waals surface area contributed by atoms with Gasteiger partial charge in [0.1, 0.15) is 16.0 Å². The number of aryl methyl sites for hydroxylation is 2. The maximum Gasteiger partial charge on any atom is 0.347 e. The van der Waals surface area contributed by atoms with E-state index in [1.54, 1.807) is 6.92 Å². The lowest BCUT2D eigenvalue weighted by Crippen LogP contribution is -1.94. The van der Waals surface area contributed by atoms with Crippen LogP contribution in [0.3, 0.4) is 0 Å². The molecule has 0 amide bonds. The lowest BCUT2D eigenvalue weighted by Gasteiger charge is -2.01. The van der Waals surface area contributed by atoms with Gasteiger partial charge in [-0.05, 0) is 37.5 Å². The van der Waals surface area contributed by atoms with E-state index in [0.29, 0.717) is 16.3 Å². The summed E-state index contributed by atoms with van der Waals surface area (Å²) >= 11 is 1.16. The van der Waals surface area contributed by atoms with E-state index in [9.17, 15) is 15.2 Å². The van der Waals surface area contributed by atoms with Gasteiger partial charge in [0.05, 0.1) is 11.3 Å². The summed E-state index contributed by atoms with van der Waals surface area (Å²) in [6, 6.07) is 6.20. The van der Waals surface area contributed by atoms with Gasteiger partial charge in [0.25, 0.3) is 0 Å². The Balaban J connectivity index is 2.26. The molecular formula is C18H17N3O2S. The van der Waals surface area contributed by atoms with Crippen LogP contribution in [0.15, 0.2) is 12.1 Å². The highest BCUT2D eigenvalue weighted by molar-refractivity contribution is 7.17. The first kappa shape index (κ1) is 16.2. The summed E-state index contributed by atoms with van der Waals surface area (Å²) in [5, 5.41) is 20.3. The van der Waals surface area contributed by atoms with E-state index in [1.165, 1.54) is 0 Å². The Bertz CT molecular complexity index is 1010. The molecule has 0 aliphatic rings. The zero-order chi connectivity index (χ0) is 17.6. The highest BCUT2D eigenvalue weighted by atomic mass is 32.1. The first-order valence-corrected chi connectivity index (χ1v) is 8.42. The Morgan fingerprint density at radius 2 is 2.08 bits per heavy atom. The minimum absolute atomic E-state index is 0.218. The molecule has 0 spiro atoms. The second kappa shape index (κ2) is 5.77. The Morgan fingerprint density at radius 3 is 2.62 bits per heavy atom. The summed E-state index contributed by atoms with van der Waals surface area (Å²) in [4.78, 5) is 19.3. The molecule has 0 unspecified atom stereocenters. The molecule has 3 aromatic rings. The molecule has 0 aliphatic heterocycles. The van der Waals surface area contributed by atoms with E-state index in [-0.39, 0.29) is 10.8 Å². The number of H-pyrrole nitrogens is 1. The Labute approximate surface area is 143 Å². The molecule has 2 heterocycles. The summed E-state index contributed by atoms with van der Waals surface area (Å²) in [6.45, 7) is 7.77. The molecule has 1 aromatic carbocycles. The Morgan fingerprint density at radius 1 is 1.38 bits per heavy atom. The third-order valence-corrected chi connectivity index (χ3v) is 5.26. The van der Waals surface area contributed by atoms with Gasteiger partial charge in [0.2, 0.25) is 0 Å².